The van der Waals surface area contributed by atoms with Gasteiger partial charge in [-0.2, -0.15) is 18.4 Å². The molecule has 1 aromatic carbocycles. The van der Waals surface area contributed by atoms with E-state index >= 15 is 0 Å². The van der Waals surface area contributed by atoms with Gasteiger partial charge >= 0.3 is 0 Å². The molecule has 12 nitrogen and oxygen atoms in total. The predicted molar refractivity (Wildman–Crippen MR) is 111 cm³/mol. The average molecular weight is 432 g/mol. The first kappa shape index (κ1) is 21.1. The molecule has 0 saturated heterocycles. The highest BCUT2D eigenvalue weighted by molar-refractivity contribution is 7.85. The van der Waals surface area contributed by atoms with Crippen molar-refractivity contribution >= 4 is 44.6 Å². The molecule has 0 aliphatic carbocycles. The number of nitrogens with two attached hydrogens (primary N) is 2. The molecule has 0 fully saturated rings. The molecule has 0 saturated carbocycles. The van der Waals surface area contributed by atoms with E-state index < -0.39 is 21.8 Å². The second-order valence-electron chi connectivity index (χ2n) is 6.45. The molecule has 0 spiro atoms. The van der Waals surface area contributed by atoms with Gasteiger partial charge in [0.15, 0.2) is 17.0 Å². The van der Waals surface area contributed by atoms with Gasteiger partial charge in [-0.15, -0.1) is 0 Å². The SMILES string of the molecule is CN(Cc1cnc2nc(N)nc(N)c2n1)c1ccc(C(=O)NCCS(=O)(=O)O)cc1. The van der Waals surface area contributed by atoms with Gasteiger partial charge in [-0.3, -0.25) is 9.35 Å². The molecule has 0 atom stereocenters. The fourth-order valence-electron chi connectivity index (χ4n) is 2.66. The Kier molecular flexibility index (Phi) is 5.94. The summed E-state index contributed by atoms with van der Waals surface area (Å²) in [5, 5.41) is 2.43. The molecule has 0 bridgehead atoms. The highest BCUT2D eigenvalue weighted by atomic mass is 32.2. The Bertz CT molecular complexity index is 1180. The molecule has 1 amide bonds. The number of amides is 1. The van der Waals surface area contributed by atoms with Crippen molar-refractivity contribution in [3.05, 3.63) is 41.7 Å². The van der Waals surface area contributed by atoms with E-state index in [9.17, 15) is 13.2 Å². The molecule has 13 heteroatoms. The van der Waals surface area contributed by atoms with Crippen LogP contribution in [0.15, 0.2) is 30.5 Å². The molecule has 0 unspecified atom stereocenters. The van der Waals surface area contributed by atoms with Crippen LogP contribution in [0.2, 0.25) is 0 Å². The van der Waals surface area contributed by atoms with Gasteiger partial charge in [-0.1, -0.05) is 0 Å². The Morgan fingerprint density at radius 2 is 1.87 bits per heavy atom. The van der Waals surface area contributed by atoms with Crippen molar-refractivity contribution in [1.29, 1.82) is 0 Å². The number of nitrogens with one attached hydrogen (secondary N) is 1. The summed E-state index contributed by atoms with van der Waals surface area (Å²) in [5.41, 5.74) is 13.9. The number of nitrogens with zero attached hydrogens (tertiary/aromatic N) is 5. The van der Waals surface area contributed by atoms with Gasteiger partial charge < -0.3 is 21.7 Å². The smallest absolute Gasteiger partial charge is 0.266 e. The molecule has 158 valence electrons. The van der Waals surface area contributed by atoms with Gasteiger partial charge in [0.25, 0.3) is 16.0 Å². The largest absolute Gasteiger partial charge is 0.382 e. The molecule has 2 heterocycles. The number of carbonyl (C=O) groups is 1. The van der Waals surface area contributed by atoms with E-state index in [0.717, 1.165) is 5.69 Å². The van der Waals surface area contributed by atoms with Crippen LogP contribution in [0.3, 0.4) is 0 Å². The van der Waals surface area contributed by atoms with E-state index in [1.165, 1.54) is 0 Å². The number of fused-ring (bicyclic) bond motifs is 1. The van der Waals surface area contributed by atoms with E-state index in [2.05, 4.69) is 25.3 Å². The highest BCUT2D eigenvalue weighted by Crippen LogP contribution is 2.18. The van der Waals surface area contributed by atoms with Gasteiger partial charge in [-0.25, -0.2) is 9.97 Å². The molecule has 0 radical (unpaired) electrons. The van der Waals surface area contributed by atoms with E-state index in [1.807, 2.05) is 11.9 Å². The number of hydrogen-bond donors (Lipinski definition) is 4. The first-order valence-corrected chi connectivity index (χ1v) is 10.3. The Labute approximate surface area is 172 Å². The maximum Gasteiger partial charge on any atom is 0.266 e. The Morgan fingerprint density at radius 3 is 2.53 bits per heavy atom. The molecular weight excluding hydrogens is 412 g/mol. The van der Waals surface area contributed by atoms with E-state index in [-0.39, 0.29) is 18.3 Å². The summed E-state index contributed by atoms with van der Waals surface area (Å²) in [6, 6.07) is 6.69. The van der Waals surface area contributed by atoms with Crippen LogP contribution in [0.5, 0.6) is 0 Å². The summed E-state index contributed by atoms with van der Waals surface area (Å²) in [5.74, 6) is -0.808. The molecule has 3 aromatic rings. The first-order chi connectivity index (χ1) is 14.1. The molecule has 0 aliphatic rings. The van der Waals surface area contributed by atoms with Crippen molar-refractivity contribution in [1.82, 2.24) is 25.3 Å². The van der Waals surface area contributed by atoms with Gasteiger partial charge in [-0.05, 0) is 24.3 Å². The van der Waals surface area contributed by atoms with Crippen LogP contribution in [-0.4, -0.2) is 58.2 Å². The second kappa shape index (κ2) is 8.42. The molecule has 0 aliphatic heterocycles. The standard InChI is InChI=1S/C17H20N8O4S/c1-25(9-11-8-21-15-13(22-11)14(18)23-17(19)24-15)12-4-2-10(3-5-12)16(26)20-6-7-30(27,28)29/h2-5,8H,6-7,9H2,1H3,(H,20,26)(H,27,28,29)(H4,18,19,21,23,24). The molecule has 3 rings (SSSR count). The lowest BCUT2D eigenvalue weighted by atomic mass is 10.2. The van der Waals surface area contributed by atoms with E-state index in [1.54, 1.807) is 30.5 Å². The summed E-state index contributed by atoms with van der Waals surface area (Å²) in [6.45, 7) is 0.227. The average Bonchev–Trinajstić information content (AvgIpc) is 2.67. The van der Waals surface area contributed by atoms with Crippen molar-refractivity contribution in [3.8, 4) is 0 Å². The topological polar surface area (TPSA) is 190 Å². The predicted octanol–water partition coefficient (Wildman–Crippen LogP) is -0.162. The summed E-state index contributed by atoms with van der Waals surface area (Å²) in [4.78, 5) is 30.5. The number of carbonyl (C=O) groups excluding carboxylic acids is 1. The zero-order chi connectivity index (χ0) is 21.9. The summed E-state index contributed by atoms with van der Waals surface area (Å²) in [7, 11) is -2.28. The van der Waals surface area contributed by atoms with Gasteiger partial charge in [0, 0.05) is 24.8 Å². The van der Waals surface area contributed by atoms with Crippen LogP contribution in [0.4, 0.5) is 17.5 Å². The minimum absolute atomic E-state index is 0.0290. The zero-order valence-electron chi connectivity index (χ0n) is 16.0. The minimum atomic E-state index is -4.12. The van der Waals surface area contributed by atoms with Crippen molar-refractivity contribution in [3.63, 3.8) is 0 Å². The number of anilines is 3. The summed E-state index contributed by atoms with van der Waals surface area (Å²) < 4.78 is 30.1. The lowest BCUT2D eigenvalue weighted by molar-refractivity contribution is 0.0956. The maximum absolute atomic E-state index is 12.0. The Balaban J connectivity index is 1.66. The van der Waals surface area contributed by atoms with Crippen molar-refractivity contribution < 1.29 is 17.8 Å². The monoisotopic (exact) mass is 432 g/mol. The maximum atomic E-state index is 12.0. The van der Waals surface area contributed by atoms with Crippen molar-refractivity contribution in [2.24, 2.45) is 0 Å². The number of rotatable bonds is 7. The normalized spacial score (nSPS) is 11.4. The minimum Gasteiger partial charge on any atom is -0.382 e. The van der Waals surface area contributed by atoms with Crippen LogP contribution in [0, 0.1) is 0 Å². The zero-order valence-corrected chi connectivity index (χ0v) is 16.8. The number of benzene rings is 1. The van der Waals surface area contributed by atoms with Crippen molar-refractivity contribution in [2.45, 2.75) is 6.54 Å². The lowest BCUT2D eigenvalue weighted by Crippen LogP contribution is -2.28. The van der Waals surface area contributed by atoms with Crippen LogP contribution in [0.25, 0.3) is 11.2 Å². The number of aromatic nitrogens is 4. The number of nitrogen functional groups attached to an aromatic ring is 2. The Hall–Kier alpha value is -3.58. The third-order valence-corrected chi connectivity index (χ3v) is 4.84. The molecular formula is C17H20N8O4S. The van der Waals surface area contributed by atoms with E-state index in [0.29, 0.717) is 29.0 Å². The van der Waals surface area contributed by atoms with Crippen LogP contribution in [0.1, 0.15) is 16.1 Å². The quantitative estimate of drug-likeness (QED) is 0.363. The van der Waals surface area contributed by atoms with Crippen LogP contribution >= 0.6 is 0 Å². The van der Waals surface area contributed by atoms with Gasteiger partial charge in [0.2, 0.25) is 5.95 Å². The van der Waals surface area contributed by atoms with Crippen molar-refractivity contribution in [2.75, 3.05) is 35.7 Å². The Morgan fingerprint density at radius 1 is 1.17 bits per heavy atom. The first-order valence-electron chi connectivity index (χ1n) is 8.71. The van der Waals surface area contributed by atoms with E-state index in [4.69, 9.17) is 16.0 Å². The third-order valence-electron chi connectivity index (χ3n) is 4.12. The highest BCUT2D eigenvalue weighted by Gasteiger charge is 2.11. The molecule has 6 N–H and O–H groups in total. The number of hydrogen-bond acceptors (Lipinski definition) is 10. The molecule has 30 heavy (non-hydrogen) atoms. The molecule has 2 aromatic heterocycles. The summed E-state index contributed by atoms with van der Waals surface area (Å²) in [6.07, 6.45) is 1.57. The fourth-order valence-corrected chi connectivity index (χ4v) is 3.02. The summed E-state index contributed by atoms with van der Waals surface area (Å²) >= 11 is 0. The van der Waals surface area contributed by atoms with Crippen LogP contribution < -0.4 is 21.7 Å². The second-order valence-corrected chi connectivity index (χ2v) is 8.02. The van der Waals surface area contributed by atoms with Gasteiger partial charge in [0.05, 0.1) is 24.2 Å². The lowest BCUT2D eigenvalue weighted by Gasteiger charge is -2.19. The van der Waals surface area contributed by atoms with Crippen LogP contribution in [-0.2, 0) is 16.7 Å². The van der Waals surface area contributed by atoms with Gasteiger partial charge in [0.1, 0.15) is 0 Å². The third kappa shape index (κ3) is 5.27. The fraction of sp³-hybridized carbons (Fsp3) is 0.235.